The zero-order valence-corrected chi connectivity index (χ0v) is 14.4. The van der Waals surface area contributed by atoms with Gasteiger partial charge in [0.25, 0.3) is 5.91 Å². The Morgan fingerprint density at radius 2 is 1.72 bits per heavy atom. The number of anilines is 1. The van der Waals surface area contributed by atoms with Gasteiger partial charge in [-0.2, -0.15) is 0 Å². The van der Waals surface area contributed by atoms with Gasteiger partial charge in [-0.25, -0.2) is 9.18 Å². The molecule has 0 bridgehead atoms. The Kier molecular flexibility index (Phi) is 6.11. The van der Waals surface area contributed by atoms with Crippen molar-refractivity contribution in [1.82, 2.24) is 0 Å². The number of halogens is 1. The molecule has 0 aromatic heterocycles. The molecule has 0 heterocycles. The highest BCUT2D eigenvalue weighted by Crippen LogP contribution is 2.19. The van der Waals surface area contributed by atoms with Gasteiger partial charge in [-0.3, -0.25) is 4.79 Å². The molecule has 0 aliphatic heterocycles. The predicted octanol–water partition coefficient (Wildman–Crippen LogP) is 3.31. The number of esters is 1. The van der Waals surface area contributed by atoms with E-state index < -0.39 is 24.3 Å². The first kappa shape index (κ1) is 18.4. The second kappa shape index (κ2) is 8.28. The minimum Gasteiger partial charge on any atom is -0.482 e. The molecule has 5 nitrogen and oxygen atoms in total. The van der Waals surface area contributed by atoms with Gasteiger partial charge >= 0.3 is 5.97 Å². The van der Waals surface area contributed by atoms with Crippen molar-refractivity contribution in [3.05, 3.63) is 58.9 Å². The third-order valence-electron chi connectivity index (χ3n) is 3.51. The Balaban J connectivity index is 1.78. The Morgan fingerprint density at radius 3 is 2.44 bits per heavy atom. The average Bonchev–Trinajstić information content (AvgIpc) is 2.57. The summed E-state index contributed by atoms with van der Waals surface area (Å²) in [6.45, 7) is 4.65. The number of carbonyl (C=O) groups is 2. The zero-order valence-electron chi connectivity index (χ0n) is 14.4. The van der Waals surface area contributed by atoms with Gasteiger partial charge in [-0.1, -0.05) is 18.2 Å². The summed E-state index contributed by atoms with van der Waals surface area (Å²) >= 11 is 0. The van der Waals surface area contributed by atoms with Crippen molar-refractivity contribution in [3.8, 4) is 5.75 Å². The van der Waals surface area contributed by atoms with Crippen LogP contribution < -0.4 is 10.1 Å². The van der Waals surface area contributed by atoms with E-state index in [1.54, 1.807) is 19.1 Å². The highest BCUT2D eigenvalue weighted by Gasteiger charge is 2.10. The molecule has 0 unspecified atom stereocenters. The fourth-order valence-corrected chi connectivity index (χ4v) is 2.05. The summed E-state index contributed by atoms with van der Waals surface area (Å²) in [6.07, 6.45) is 0. The number of hydrogen-bond donors (Lipinski definition) is 1. The number of carbonyl (C=O) groups excluding carboxylic acids is 2. The predicted molar refractivity (Wildman–Crippen MR) is 92.1 cm³/mol. The monoisotopic (exact) mass is 345 g/mol. The molecular weight excluding hydrogens is 325 g/mol. The quantitative estimate of drug-likeness (QED) is 0.816. The van der Waals surface area contributed by atoms with Gasteiger partial charge in [0.05, 0.1) is 0 Å². The van der Waals surface area contributed by atoms with E-state index in [0.717, 1.165) is 11.1 Å². The zero-order chi connectivity index (χ0) is 18.4. The third kappa shape index (κ3) is 5.60. The topological polar surface area (TPSA) is 64.6 Å². The lowest BCUT2D eigenvalue weighted by Crippen LogP contribution is -2.23. The minimum absolute atomic E-state index is 0.295. The molecule has 0 spiro atoms. The molecule has 0 aliphatic carbocycles. The molecular formula is C19H20FNO4. The van der Waals surface area contributed by atoms with Crippen molar-refractivity contribution in [2.24, 2.45) is 0 Å². The summed E-state index contributed by atoms with van der Waals surface area (Å²) in [5.41, 5.74) is 2.69. The molecule has 0 saturated heterocycles. The minimum atomic E-state index is -0.661. The van der Waals surface area contributed by atoms with E-state index in [1.165, 1.54) is 6.07 Å². The molecule has 2 aromatic carbocycles. The van der Waals surface area contributed by atoms with Crippen LogP contribution in [0.2, 0.25) is 0 Å². The second-order valence-corrected chi connectivity index (χ2v) is 5.73. The fourth-order valence-electron chi connectivity index (χ4n) is 2.05. The summed E-state index contributed by atoms with van der Waals surface area (Å²) in [6, 6.07) is 9.99. The van der Waals surface area contributed by atoms with Crippen LogP contribution in [-0.4, -0.2) is 25.1 Å². The number of aryl methyl sites for hydroxylation is 3. The highest BCUT2D eigenvalue weighted by atomic mass is 19.1. The van der Waals surface area contributed by atoms with E-state index in [1.807, 2.05) is 32.0 Å². The maximum Gasteiger partial charge on any atom is 0.344 e. The van der Waals surface area contributed by atoms with Crippen LogP contribution in [0.4, 0.5) is 10.1 Å². The Morgan fingerprint density at radius 1 is 1.00 bits per heavy atom. The van der Waals surface area contributed by atoms with Crippen LogP contribution in [0.25, 0.3) is 0 Å². The highest BCUT2D eigenvalue weighted by molar-refractivity contribution is 5.92. The van der Waals surface area contributed by atoms with Crippen molar-refractivity contribution in [1.29, 1.82) is 0 Å². The summed E-state index contributed by atoms with van der Waals surface area (Å²) in [5, 5.41) is 2.46. The molecule has 6 heteroatoms. The normalized spacial score (nSPS) is 10.2. The molecule has 132 valence electrons. The lowest BCUT2D eigenvalue weighted by Gasteiger charge is -2.10. The molecule has 2 rings (SSSR count). The Labute approximate surface area is 145 Å². The molecule has 25 heavy (non-hydrogen) atoms. The first-order valence-electron chi connectivity index (χ1n) is 7.77. The lowest BCUT2D eigenvalue weighted by molar-refractivity contribution is -0.149. The van der Waals surface area contributed by atoms with E-state index in [2.05, 4.69) is 5.32 Å². The van der Waals surface area contributed by atoms with Crippen molar-refractivity contribution in [3.63, 3.8) is 0 Å². The third-order valence-corrected chi connectivity index (χ3v) is 3.51. The maximum atomic E-state index is 13.4. The van der Waals surface area contributed by atoms with E-state index in [-0.39, 0.29) is 6.61 Å². The van der Waals surface area contributed by atoms with Gasteiger partial charge in [0.2, 0.25) is 0 Å². The average molecular weight is 345 g/mol. The van der Waals surface area contributed by atoms with Crippen molar-refractivity contribution < 1.29 is 23.5 Å². The number of nitrogens with one attached hydrogen (secondary N) is 1. The number of hydrogen-bond acceptors (Lipinski definition) is 4. The van der Waals surface area contributed by atoms with Crippen LogP contribution in [0, 0.1) is 26.6 Å². The van der Waals surface area contributed by atoms with Gasteiger partial charge in [-0.15, -0.1) is 0 Å². The standard InChI is InChI=1S/C19H20FNO4/c1-12-4-5-14(3)17(8-12)24-11-19(23)25-10-18(22)21-15-7-6-13(2)16(20)9-15/h4-9H,10-11H2,1-3H3,(H,21,22). The summed E-state index contributed by atoms with van der Waals surface area (Å²) in [7, 11) is 0. The molecule has 0 radical (unpaired) electrons. The Hall–Kier alpha value is -2.89. The lowest BCUT2D eigenvalue weighted by atomic mass is 10.1. The number of rotatable bonds is 6. The van der Waals surface area contributed by atoms with Crippen LogP contribution >= 0.6 is 0 Å². The summed E-state index contributed by atoms with van der Waals surface area (Å²) < 4.78 is 23.7. The van der Waals surface area contributed by atoms with E-state index in [9.17, 15) is 14.0 Å². The first-order chi connectivity index (χ1) is 11.8. The van der Waals surface area contributed by atoms with Gasteiger partial charge in [0.15, 0.2) is 13.2 Å². The van der Waals surface area contributed by atoms with E-state index in [0.29, 0.717) is 17.0 Å². The largest absolute Gasteiger partial charge is 0.482 e. The van der Waals surface area contributed by atoms with E-state index in [4.69, 9.17) is 9.47 Å². The molecule has 1 N–H and O–H groups in total. The first-order valence-corrected chi connectivity index (χ1v) is 7.77. The van der Waals surface area contributed by atoms with Crippen molar-refractivity contribution >= 4 is 17.6 Å². The van der Waals surface area contributed by atoms with Gasteiger partial charge in [0, 0.05) is 5.69 Å². The van der Waals surface area contributed by atoms with Gasteiger partial charge in [-0.05, 0) is 55.7 Å². The number of benzene rings is 2. The Bertz CT molecular complexity index is 789. The molecule has 0 saturated carbocycles. The number of ether oxygens (including phenoxy) is 2. The van der Waals surface area contributed by atoms with Gasteiger partial charge in [0.1, 0.15) is 11.6 Å². The molecule has 0 aliphatic rings. The van der Waals surface area contributed by atoms with Crippen LogP contribution in [0.5, 0.6) is 5.75 Å². The summed E-state index contributed by atoms with van der Waals surface area (Å²) in [5.74, 6) is -1.04. The molecule has 1 amide bonds. The molecule has 0 atom stereocenters. The fraction of sp³-hybridized carbons (Fsp3) is 0.263. The van der Waals surface area contributed by atoms with Crippen LogP contribution in [0.3, 0.4) is 0 Å². The van der Waals surface area contributed by atoms with Crippen LogP contribution in [0.15, 0.2) is 36.4 Å². The second-order valence-electron chi connectivity index (χ2n) is 5.73. The molecule has 2 aromatic rings. The molecule has 0 fully saturated rings. The van der Waals surface area contributed by atoms with Crippen LogP contribution in [-0.2, 0) is 14.3 Å². The number of amides is 1. The SMILES string of the molecule is Cc1ccc(C)c(OCC(=O)OCC(=O)Nc2ccc(C)c(F)c2)c1. The van der Waals surface area contributed by atoms with Crippen molar-refractivity contribution in [2.75, 3.05) is 18.5 Å². The van der Waals surface area contributed by atoms with Gasteiger partial charge < -0.3 is 14.8 Å². The van der Waals surface area contributed by atoms with E-state index >= 15 is 0 Å². The van der Waals surface area contributed by atoms with Crippen molar-refractivity contribution in [2.45, 2.75) is 20.8 Å². The maximum absolute atomic E-state index is 13.4. The van der Waals surface area contributed by atoms with Crippen LogP contribution in [0.1, 0.15) is 16.7 Å². The smallest absolute Gasteiger partial charge is 0.344 e. The summed E-state index contributed by atoms with van der Waals surface area (Å²) in [4.78, 5) is 23.4.